The average Bonchev–Trinajstić information content (AvgIpc) is 2.25. The molecule has 3 nitrogen and oxygen atoms in total. The highest BCUT2D eigenvalue weighted by Crippen LogP contribution is 2.46. The summed E-state index contributed by atoms with van der Waals surface area (Å²) in [6.45, 7) is 0.323. The molecule has 0 radical (unpaired) electrons. The van der Waals surface area contributed by atoms with Gasteiger partial charge in [0, 0.05) is 7.11 Å². The van der Waals surface area contributed by atoms with Crippen LogP contribution in [0.25, 0.3) is 0 Å². The van der Waals surface area contributed by atoms with Gasteiger partial charge in [-0.3, -0.25) is 0 Å². The van der Waals surface area contributed by atoms with E-state index in [2.05, 4.69) is 4.99 Å². The molecule has 0 saturated heterocycles. The molecule has 0 atom stereocenters. The molecule has 1 fully saturated rings. The number of isocyanates is 1. The molecule has 2 rings (SSSR count). The summed E-state index contributed by atoms with van der Waals surface area (Å²) in [5.74, 6) is -0.301. The summed E-state index contributed by atoms with van der Waals surface area (Å²) in [6, 6.07) is 4.54. The van der Waals surface area contributed by atoms with Gasteiger partial charge in [0.1, 0.15) is 5.82 Å². The van der Waals surface area contributed by atoms with Crippen LogP contribution in [0, 0.1) is 5.82 Å². The highest BCUT2D eigenvalue weighted by molar-refractivity contribution is 5.42. The van der Waals surface area contributed by atoms with Gasteiger partial charge in [0.2, 0.25) is 6.08 Å². The first-order valence-corrected chi connectivity index (χ1v) is 5.59. The first-order valence-electron chi connectivity index (χ1n) is 5.59. The van der Waals surface area contributed by atoms with Gasteiger partial charge in [0.25, 0.3) is 0 Å². The van der Waals surface area contributed by atoms with Crippen molar-refractivity contribution >= 4 is 6.08 Å². The minimum Gasteiger partial charge on any atom is -0.380 e. The van der Waals surface area contributed by atoms with E-state index in [9.17, 15) is 9.18 Å². The topological polar surface area (TPSA) is 38.7 Å². The molecular weight excluding hydrogens is 221 g/mol. The highest BCUT2D eigenvalue weighted by Gasteiger charge is 2.40. The normalized spacial score (nSPS) is 17.1. The van der Waals surface area contributed by atoms with Gasteiger partial charge in [-0.05, 0) is 42.5 Å². The molecule has 0 aliphatic heterocycles. The first-order chi connectivity index (χ1) is 8.22. The van der Waals surface area contributed by atoms with Crippen molar-refractivity contribution in [3.8, 4) is 0 Å². The molecule has 0 aromatic heterocycles. The van der Waals surface area contributed by atoms with Crippen LogP contribution < -0.4 is 0 Å². The van der Waals surface area contributed by atoms with Gasteiger partial charge >= 0.3 is 0 Å². The lowest BCUT2D eigenvalue weighted by Crippen LogP contribution is -2.33. The van der Waals surface area contributed by atoms with Gasteiger partial charge in [-0.15, -0.1) is 0 Å². The first kappa shape index (κ1) is 12.0. The van der Waals surface area contributed by atoms with Crippen LogP contribution in [0.4, 0.5) is 4.39 Å². The summed E-state index contributed by atoms with van der Waals surface area (Å²) in [7, 11) is 1.56. The van der Waals surface area contributed by atoms with Crippen molar-refractivity contribution in [2.24, 2.45) is 4.99 Å². The van der Waals surface area contributed by atoms with Crippen molar-refractivity contribution in [1.82, 2.24) is 0 Å². The molecule has 0 unspecified atom stereocenters. The highest BCUT2D eigenvalue weighted by atomic mass is 19.1. The van der Waals surface area contributed by atoms with Crippen molar-refractivity contribution in [2.45, 2.75) is 31.4 Å². The van der Waals surface area contributed by atoms with E-state index in [1.54, 1.807) is 19.3 Å². The Bertz CT molecular complexity index is 462. The third-order valence-corrected chi connectivity index (χ3v) is 3.31. The smallest absolute Gasteiger partial charge is 0.235 e. The fraction of sp³-hybridized carbons (Fsp3) is 0.462. The van der Waals surface area contributed by atoms with Crippen LogP contribution in [0.15, 0.2) is 23.2 Å². The van der Waals surface area contributed by atoms with Gasteiger partial charge in [0.05, 0.1) is 12.1 Å². The van der Waals surface area contributed by atoms with E-state index < -0.39 is 5.54 Å². The van der Waals surface area contributed by atoms with Gasteiger partial charge < -0.3 is 4.74 Å². The molecule has 1 saturated carbocycles. The molecule has 0 heterocycles. The summed E-state index contributed by atoms with van der Waals surface area (Å²) in [5.41, 5.74) is 1.14. The van der Waals surface area contributed by atoms with E-state index in [1.807, 2.05) is 0 Å². The lowest BCUT2D eigenvalue weighted by atomic mass is 9.71. The monoisotopic (exact) mass is 235 g/mol. The number of aliphatic imine (C=N–C) groups is 1. The summed E-state index contributed by atoms with van der Waals surface area (Å²) < 4.78 is 18.3. The Balaban J connectivity index is 2.46. The second-order valence-corrected chi connectivity index (χ2v) is 4.32. The zero-order valence-corrected chi connectivity index (χ0v) is 9.70. The second kappa shape index (κ2) is 4.78. The van der Waals surface area contributed by atoms with Gasteiger partial charge in [-0.1, -0.05) is 6.07 Å². The minimum absolute atomic E-state index is 0.301. The standard InChI is InChI=1S/C13H14FNO2/c1-17-8-10-7-11(14)3-4-12(10)13(15-9-16)5-2-6-13/h3-4,7H,2,5-6,8H2,1H3. The SMILES string of the molecule is COCc1cc(F)ccc1C1(N=C=O)CCC1. The Morgan fingerprint density at radius 3 is 2.82 bits per heavy atom. The average molecular weight is 235 g/mol. The largest absolute Gasteiger partial charge is 0.380 e. The lowest BCUT2D eigenvalue weighted by Gasteiger charge is -2.38. The van der Waals surface area contributed by atoms with Crippen molar-refractivity contribution in [3.63, 3.8) is 0 Å². The Labute approximate surface area is 99.3 Å². The van der Waals surface area contributed by atoms with E-state index in [4.69, 9.17) is 4.74 Å². The summed E-state index contributed by atoms with van der Waals surface area (Å²) in [4.78, 5) is 14.4. The number of benzene rings is 1. The predicted octanol–water partition coefficient (Wildman–Crippen LogP) is 2.69. The van der Waals surface area contributed by atoms with Gasteiger partial charge in [0.15, 0.2) is 0 Å². The number of ether oxygens (including phenoxy) is 1. The van der Waals surface area contributed by atoms with E-state index in [1.165, 1.54) is 12.1 Å². The maximum atomic E-state index is 13.2. The Hall–Kier alpha value is -1.51. The van der Waals surface area contributed by atoms with Crippen LogP contribution in [0.5, 0.6) is 0 Å². The third kappa shape index (κ3) is 2.14. The maximum Gasteiger partial charge on any atom is 0.235 e. The lowest BCUT2D eigenvalue weighted by molar-refractivity contribution is 0.178. The summed E-state index contributed by atoms with van der Waals surface area (Å²) >= 11 is 0. The molecule has 0 amide bonds. The summed E-state index contributed by atoms with van der Waals surface area (Å²) in [6.07, 6.45) is 4.28. The number of methoxy groups -OCH3 is 1. The Morgan fingerprint density at radius 2 is 2.29 bits per heavy atom. The molecule has 1 aromatic carbocycles. The molecule has 0 bridgehead atoms. The van der Waals surface area contributed by atoms with Gasteiger partial charge in [-0.2, -0.15) is 4.99 Å². The van der Waals surface area contributed by atoms with Crippen molar-refractivity contribution in [2.75, 3.05) is 7.11 Å². The van der Waals surface area contributed by atoms with E-state index >= 15 is 0 Å². The fourth-order valence-corrected chi connectivity index (χ4v) is 2.33. The summed E-state index contributed by atoms with van der Waals surface area (Å²) in [5, 5.41) is 0. The van der Waals surface area contributed by atoms with Crippen LogP contribution in [-0.4, -0.2) is 13.2 Å². The number of hydrogen-bond donors (Lipinski definition) is 0. The zero-order chi connectivity index (χ0) is 12.3. The van der Waals surface area contributed by atoms with Crippen molar-refractivity contribution in [3.05, 3.63) is 35.1 Å². The predicted molar refractivity (Wildman–Crippen MR) is 60.8 cm³/mol. The minimum atomic E-state index is -0.497. The molecule has 0 spiro atoms. The van der Waals surface area contributed by atoms with Crippen LogP contribution >= 0.6 is 0 Å². The molecule has 1 aliphatic rings. The van der Waals surface area contributed by atoms with E-state index in [0.717, 1.165) is 30.4 Å². The molecule has 1 aliphatic carbocycles. The number of hydrogen-bond acceptors (Lipinski definition) is 3. The van der Waals surface area contributed by atoms with Crippen LogP contribution in [0.2, 0.25) is 0 Å². The second-order valence-electron chi connectivity index (χ2n) is 4.32. The molecule has 1 aromatic rings. The maximum absolute atomic E-state index is 13.2. The number of halogens is 1. The van der Waals surface area contributed by atoms with E-state index in [0.29, 0.717) is 6.61 Å². The van der Waals surface area contributed by atoms with Crippen molar-refractivity contribution < 1.29 is 13.9 Å². The number of carbonyl (C=O) groups excluding carboxylic acids is 1. The molecular formula is C13H14FNO2. The number of nitrogens with zero attached hydrogens (tertiary/aromatic N) is 1. The van der Waals surface area contributed by atoms with Crippen molar-refractivity contribution in [1.29, 1.82) is 0 Å². The zero-order valence-electron chi connectivity index (χ0n) is 9.70. The molecule has 90 valence electrons. The van der Waals surface area contributed by atoms with Crippen LogP contribution in [-0.2, 0) is 21.7 Å². The van der Waals surface area contributed by atoms with Gasteiger partial charge in [-0.25, -0.2) is 9.18 Å². The molecule has 17 heavy (non-hydrogen) atoms. The Kier molecular flexibility index (Phi) is 3.36. The van der Waals surface area contributed by atoms with Crippen LogP contribution in [0.1, 0.15) is 30.4 Å². The molecule has 0 N–H and O–H groups in total. The van der Waals surface area contributed by atoms with Crippen LogP contribution in [0.3, 0.4) is 0 Å². The third-order valence-electron chi connectivity index (χ3n) is 3.31. The number of rotatable bonds is 4. The molecule has 4 heteroatoms. The Morgan fingerprint density at radius 1 is 1.53 bits per heavy atom. The fourth-order valence-electron chi connectivity index (χ4n) is 2.33. The quantitative estimate of drug-likeness (QED) is 0.594. The van der Waals surface area contributed by atoms with E-state index in [-0.39, 0.29) is 5.82 Å².